The van der Waals surface area contributed by atoms with Crippen LogP contribution in [0.2, 0.25) is 0 Å². The van der Waals surface area contributed by atoms with Crippen LogP contribution in [0.25, 0.3) is 0 Å². The van der Waals surface area contributed by atoms with Gasteiger partial charge in [-0.3, -0.25) is 0 Å². The van der Waals surface area contributed by atoms with E-state index in [1.165, 1.54) is 0 Å². The van der Waals surface area contributed by atoms with Crippen LogP contribution in [-0.2, 0) is 15.8 Å². The van der Waals surface area contributed by atoms with Crippen molar-refractivity contribution in [3.63, 3.8) is 0 Å². The van der Waals surface area contributed by atoms with E-state index in [1.807, 2.05) is 0 Å². The maximum absolute atomic E-state index is 10.3. The summed E-state index contributed by atoms with van der Waals surface area (Å²) < 4.78 is 8.90. The quantitative estimate of drug-likeness (QED) is 0.503. The van der Waals surface area contributed by atoms with Gasteiger partial charge in [0.1, 0.15) is 0 Å². The van der Waals surface area contributed by atoms with Gasteiger partial charge in [-0.2, -0.15) is 0 Å². The number of nitrogens with zero attached hydrogens (tertiary/aromatic N) is 4. The lowest BCUT2D eigenvalue weighted by Crippen LogP contribution is -2.48. The molecule has 0 amide bonds. The molecule has 7 nitrogen and oxygen atoms in total. The fourth-order valence-electron chi connectivity index (χ4n) is 1.91. The number of ether oxygens (including phenoxy) is 1. The number of halogens is 4. The molecule has 0 unspecified atom stereocenters. The largest absolute Gasteiger partial charge is 0.366 e. The second-order valence-corrected chi connectivity index (χ2v) is 7.91. The van der Waals surface area contributed by atoms with Crippen molar-refractivity contribution in [2.45, 2.75) is 51.4 Å². The maximum atomic E-state index is 10.3. The van der Waals surface area contributed by atoms with Gasteiger partial charge in [0.2, 0.25) is 0 Å². The SMILES string of the molecule is CC(C)([C@@H](O)O[C@H](O)C(C)(C)n1ccnc1)n1ccnc1.ClCCl.ClCCl. The van der Waals surface area contributed by atoms with Crippen molar-refractivity contribution in [1.29, 1.82) is 0 Å². The monoisotopic (exact) mass is 462 g/mol. The number of rotatable bonds is 6. The number of aliphatic hydroxyl groups excluding tert-OH is 2. The van der Waals surface area contributed by atoms with Crippen molar-refractivity contribution in [3.8, 4) is 0 Å². The summed E-state index contributed by atoms with van der Waals surface area (Å²) in [4.78, 5) is 7.92. The highest BCUT2D eigenvalue weighted by molar-refractivity contribution is 6.40. The van der Waals surface area contributed by atoms with E-state index in [4.69, 9.17) is 51.1 Å². The first-order chi connectivity index (χ1) is 12.6. The van der Waals surface area contributed by atoms with E-state index >= 15 is 0 Å². The van der Waals surface area contributed by atoms with Gasteiger partial charge in [0.15, 0.2) is 12.6 Å². The third kappa shape index (κ3) is 8.15. The first-order valence-electron chi connectivity index (χ1n) is 7.81. The second-order valence-electron chi connectivity index (χ2n) is 6.29. The highest BCUT2D eigenvalue weighted by atomic mass is 35.5. The molecular formula is C16H26Cl4N4O3. The topological polar surface area (TPSA) is 85.3 Å². The molecule has 2 aromatic rings. The molecule has 2 atom stereocenters. The molecule has 0 aromatic carbocycles. The summed E-state index contributed by atoms with van der Waals surface area (Å²) in [5, 5.41) is 21.0. The van der Waals surface area contributed by atoms with Gasteiger partial charge >= 0.3 is 0 Å². The molecule has 2 aromatic heterocycles. The van der Waals surface area contributed by atoms with Crippen molar-refractivity contribution < 1.29 is 14.9 Å². The molecule has 156 valence electrons. The van der Waals surface area contributed by atoms with Gasteiger partial charge in [-0.1, -0.05) is 0 Å². The van der Waals surface area contributed by atoms with Crippen LogP contribution in [0.3, 0.4) is 0 Å². The van der Waals surface area contributed by atoms with Crippen LogP contribution in [0.4, 0.5) is 0 Å². The Bertz CT molecular complexity index is 543. The number of hydrogen-bond acceptors (Lipinski definition) is 5. The molecule has 0 spiro atoms. The van der Waals surface area contributed by atoms with Crippen LogP contribution in [0.5, 0.6) is 0 Å². The summed E-state index contributed by atoms with van der Waals surface area (Å²) in [6, 6.07) is 0. The molecule has 27 heavy (non-hydrogen) atoms. The Kier molecular flexibility index (Phi) is 12.6. The molecule has 0 aliphatic carbocycles. The van der Waals surface area contributed by atoms with E-state index in [2.05, 4.69) is 9.97 Å². The van der Waals surface area contributed by atoms with E-state index in [0.717, 1.165) is 0 Å². The molecular weight excluding hydrogens is 438 g/mol. The summed E-state index contributed by atoms with van der Waals surface area (Å²) in [6.45, 7) is 7.21. The van der Waals surface area contributed by atoms with Gasteiger partial charge < -0.3 is 24.1 Å². The van der Waals surface area contributed by atoms with E-state index in [1.54, 1.807) is 74.3 Å². The molecule has 0 saturated carbocycles. The lowest BCUT2D eigenvalue weighted by molar-refractivity contribution is -0.268. The van der Waals surface area contributed by atoms with Crippen molar-refractivity contribution in [2.75, 3.05) is 10.7 Å². The Morgan fingerprint density at radius 3 is 1.33 bits per heavy atom. The van der Waals surface area contributed by atoms with Crippen molar-refractivity contribution in [2.24, 2.45) is 0 Å². The van der Waals surface area contributed by atoms with Gasteiger partial charge in [0, 0.05) is 24.8 Å². The number of alkyl halides is 4. The van der Waals surface area contributed by atoms with Crippen LogP contribution in [0, 0.1) is 0 Å². The van der Waals surface area contributed by atoms with E-state index in [0.29, 0.717) is 0 Å². The van der Waals surface area contributed by atoms with E-state index < -0.39 is 23.7 Å². The van der Waals surface area contributed by atoms with Gasteiger partial charge in [-0.05, 0) is 27.7 Å². The summed E-state index contributed by atoms with van der Waals surface area (Å²) in [5.41, 5.74) is -1.52. The van der Waals surface area contributed by atoms with E-state index in [9.17, 15) is 10.2 Å². The molecule has 2 heterocycles. The number of aliphatic hydroxyl groups is 2. The lowest BCUT2D eigenvalue weighted by atomic mass is 10.0. The standard InChI is InChI=1S/C14H22N4O3.2CH2Cl2/c1-13(2,17-7-5-15-9-17)11(19)21-12(20)14(3,4)18-8-6-16-10-18;2*2-1-3/h5-12,19-20H,1-4H3;2*1H2/t11-,12-;;/m0../s1. The maximum Gasteiger partial charge on any atom is 0.181 e. The molecule has 0 saturated heterocycles. The predicted octanol–water partition coefficient (Wildman–Crippen LogP) is 3.75. The van der Waals surface area contributed by atoms with Gasteiger partial charge in [0.05, 0.1) is 34.4 Å². The Balaban J connectivity index is 0.000000997. The molecule has 0 radical (unpaired) electrons. The van der Waals surface area contributed by atoms with Crippen LogP contribution in [-0.4, -0.2) is 52.6 Å². The highest BCUT2D eigenvalue weighted by Gasteiger charge is 2.37. The van der Waals surface area contributed by atoms with Gasteiger partial charge in [0.25, 0.3) is 0 Å². The van der Waals surface area contributed by atoms with Crippen molar-refractivity contribution in [1.82, 2.24) is 19.1 Å². The molecule has 0 bridgehead atoms. The average Bonchev–Trinajstić information content (AvgIpc) is 3.30. The zero-order valence-corrected chi connectivity index (χ0v) is 18.7. The minimum atomic E-state index is -1.20. The Labute approximate surface area is 179 Å². The molecule has 0 fully saturated rings. The van der Waals surface area contributed by atoms with Crippen LogP contribution >= 0.6 is 46.4 Å². The Morgan fingerprint density at radius 1 is 0.815 bits per heavy atom. The summed E-state index contributed by atoms with van der Waals surface area (Å²) in [5.74, 6) is 0. The first kappa shape index (κ1) is 26.5. The summed E-state index contributed by atoms with van der Waals surface area (Å²) in [7, 11) is 0. The summed E-state index contributed by atoms with van der Waals surface area (Å²) >= 11 is 19.1. The molecule has 11 heteroatoms. The van der Waals surface area contributed by atoms with Crippen LogP contribution < -0.4 is 0 Å². The third-order valence-electron chi connectivity index (χ3n) is 3.81. The highest BCUT2D eigenvalue weighted by Crippen LogP contribution is 2.26. The minimum Gasteiger partial charge on any atom is -0.366 e. The second kappa shape index (κ2) is 12.8. The van der Waals surface area contributed by atoms with E-state index in [-0.39, 0.29) is 10.7 Å². The van der Waals surface area contributed by atoms with Gasteiger partial charge in [-0.15, -0.1) is 46.4 Å². The molecule has 2 N–H and O–H groups in total. The first-order valence-corrected chi connectivity index (χ1v) is 9.95. The smallest absolute Gasteiger partial charge is 0.181 e. The van der Waals surface area contributed by atoms with Crippen LogP contribution in [0.1, 0.15) is 27.7 Å². The predicted molar refractivity (Wildman–Crippen MR) is 109 cm³/mol. The molecule has 0 aliphatic rings. The van der Waals surface area contributed by atoms with Crippen LogP contribution in [0.15, 0.2) is 37.4 Å². The van der Waals surface area contributed by atoms with Gasteiger partial charge in [-0.25, -0.2) is 9.97 Å². The third-order valence-corrected chi connectivity index (χ3v) is 3.81. The lowest BCUT2D eigenvalue weighted by Gasteiger charge is -2.37. The zero-order chi connectivity index (χ0) is 21.1. The minimum absolute atomic E-state index is 0.194. The molecule has 2 rings (SSSR count). The normalized spacial score (nSPS) is 13.7. The Morgan fingerprint density at radius 2 is 1.11 bits per heavy atom. The Hall–Kier alpha value is -0.540. The zero-order valence-electron chi connectivity index (χ0n) is 15.6. The van der Waals surface area contributed by atoms with Crippen molar-refractivity contribution >= 4 is 46.4 Å². The fraction of sp³-hybridized carbons (Fsp3) is 0.625. The number of imidazole rings is 2. The summed E-state index contributed by atoms with van der Waals surface area (Å²) in [6.07, 6.45) is 7.51. The average molecular weight is 464 g/mol. The fourth-order valence-corrected chi connectivity index (χ4v) is 1.91. The van der Waals surface area contributed by atoms with Crippen molar-refractivity contribution in [3.05, 3.63) is 37.4 Å². The molecule has 0 aliphatic heterocycles. The number of hydrogen-bond donors (Lipinski definition) is 2. The number of aromatic nitrogens is 4.